The maximum atomic E-state index is 10.7. The molecule has 0 aromatic carbocycles. The van der Waals surface area contributed by atoms with Gasteiger partial charge in [0.1, 0.15) is 0 Å². The molecule has 0 aliphatic carbocycles. The fraction of sp³-hybridized carbons (Fsp3) is 0.923. The largest absolute Gasteiger partial charge is 0.481 e. The zero-order valence-corrected chi connectivity index (χ0v) is 11.1. The molecule has 0 amide bonds. The van der Waals surface area contributed by atoms with E-state index in [4.69, 9.17) is 5.11 Å². The van der Waals surface area contributed by atoms with E-state index < -0.39 is 12.1 Å². The summed E-state index contributed by atoms with van der Waals surface area (Å²) in [6, 6.07) is 0. The van der Waals surface area contributed by atoms with E-state index in [0.29, 0.717) is 12.3 Å². The van der Waals surface area contributed by atoms with Gasteiger partial charge in [-0.25, -0.2) is 0 Å². The summed E-state index contributed by atoms with van der Waals surface area (Å²) in [5.74, 6) is -0.323. The second-order valence-corrected chi connectivity index (χ2v) is 5.55. The molecule has 16 heavy (non-hydrogen) atoms. The normalized spacial score (nSPS) is 19.2. The summed E-state index contributed by atoms with van der Waals surface area (Å²) in [5.41, 5.74) is 0. The van der Waals surface area contributed by atoms with Crippen LogP contribution in [0.1, 0.15) is 47.5 Å². The van der Waals surface area contributed by atoms with Crippen molar-refractivity contribution in [2.75, 3.05) is 0 Å². The number of aliphatic hydroxyl groups is 1. The highest BCUT2D eigenvalue weighted by Gasteiger charge is 2.25. The van der Waals surface area contributed by atoms with Gasteiger partial charge in [-0.15, -0.1) is 0 Å². The summed E-state index contributed by atoms with van der Waals surface area (Å²) in [7, 11) is 0. The molecule has 0 rings (SSSR count). The van der Waals surface area contributed by atoms with Crippen LogP contribution in [0.2, 0.25) is 0 Å². The average Bonchev–Trinajstić information content (AvgIpc) is 2.14. The molecular weight excluding hydrogens is 204 g/mol. The quantitative estimate of drug-likeness (QED) is 0.707. The first-order valence-electron chi connectivity index (χ1n) is 6.16. The van der Waals surface area contributed by atoms with E-state index in [0.717, 1.165) is 6.42 Å². The molecule has 3 nitrogen and oxygen atoms in total. The first-order valence-corrected chi connectivity index (χ1v) is 6.16. The third kappa shape index (κ3) is 5.50. The number of carbonyl (C=O) groups is 1. The molecule has 0 aliphatic rings. The second kappa shape index (κ2) is 6.89. The van der Waals surface area contributed by atoms with Gasteiger partial charge in [0.25, 0.3) is 0 Å². The van der Waals surface area contributed by atoms with E-state index in [1.165, 1.54) is 0 Å². The van der Waals surface area contributed by atoms with Crippen molar-refractivity contribution >= 4 is 5.97 Å². The van der Waals surface area contributed by atoms with Crippen LogP contribution in [0.4, 0.5) is 0 Å². The minimum atomic E-state index is -0.782. The van der Waals surface area contributed by atoms with E-state index in [1.807, 2.05) is 13.8 Å². The molecule has 0 radical (unpaired) electrons. The zero-order valence-electron chi connectivity index (χ0n) is 11.1. The Labute approximate surface area is 98.9 Å². The molecule has 0 aromatic rings. The van der Waals surface area contributed by atoms with Crippen molar-refractivity contribution in [2.24, 2.45) is 23.7 Å². The lowest BCUT2D eigenvalue weighted by atomic mass is 9.83. The van der Waals surface area contributed by atoms with E-state index in [-0.39, 0.29) is 17.8 Å². The number of carboxylic acids is 1. The third-order valence-corrected chi connectivity index (χ3v) is 3.16. The molecule has 0 saturated carbocycles. The predicted molar refractivity (Wildman–Crippen MR) is 65.2 cm³/mol. The van der Waals surface area contributed by atoms with E-state index in [2.05, 4.69) is 13.8 Å². The molecule has 3 heteroatoms. The highest BCUT2D eigenvalue weighted by atomic mass is 16.4. The van der Waals surface area contributed by atoms with E-state index in [9.17, 15) is 9.90 Å². The first-order chi connectivity index (χ1) is 7.25. The number of hydrogen-bond donors (Lipinski definition) is 2. The Kier molecular flexibility index (Phi) is 6.65. The van der Waals surface area contributed by atoms with Gasteiger partial charge in [-0.2, -0.15) is 0 Å². The van der Waals surface area contributed by atoms with Crippen LogP contribution in [-0.2, 0) is 4.79 Å². The third-order valence-electron chi connectivity index (χ3n) is 3.16. The van der Waals surface area contributed by atoms with Crippen LogP contribution in [0.15, 0.2) is 0 Å². The molecule has 0 aliphatic heterocycles. The molecule has 4 unspecified atom stereocenters. The molecule has 4 atom stereocenters. The summed E-state index contributed by atoms with van der Waals surface area (Å²) in [6.07, 6.45) is 1.12. The lowest BCUT2D eigenvalue weighted by Gasteiger charge is -2.27. The van der Waals surface area contributed by atoms with E-state index >= 15 is 0 Å². The highest BCUT2D eigenvalue weighted by Crippen LogP contribution is 2.24. The maximum absolute atomic E-state index is 10.7. The Morgan fingerprint density at radius 2 is 1.44 bits per heavy atom. The van der Waals surface area contributed by atoms with Gasteiger partial charge >= 0.3 is 5.97 Å². The van der Waals surface area contributed by atoms with Crippen molar-refractivity contribution in [3.05, 3.63) is 0 Å². The van der Waals surface area contributed by atoms with Gasteiger partial charge in [0, 0.05) is 0 Å². The molecular formula is C13H26O3. The van der Waals surface area contributed by atoms with Crippen LogP contribution in [-0.4, -0.2) is 22.3 Å². The number of aliphatic hydroxyl groups excluding tert-OH is 1. The van der Waals surface area contributed by atoms with Crippen molar-refractivity contribution in [3.63, 3.8) is 0 Å². The van der Waals surface area contributed by atoms with Crippen molar-refractivity contribution in [1.82, 2.24) is 0 Å². The molecule has 0 saturated heterocycles. The van der Waals surface area contributed by atoms with Gasteiger partial charge in [0.05, 0.1) is 12.0 Å². The number of rotatable bonds is 7. The molecule has 0 heterocycles. The summed E-state index contributed by atoms with van der Waals surface area (Å²) < 4.78 is 0. The molecule has 0 spiro atoms. The molecule has 0 bridgehead atoms. The lowest BCUT2D eigenvalue weighted by Crippen LogP contribution is -2.29. The predicted octanol–water partition coefficient (Wildman–Crippen LogP) is 2.78. The van der Waals surface area contributed by atoms with Crippen LogP contribution in [0, 0.1) is 23.7 Å². The summed E-state index contributed by atoms with van der Waals surface area (Å²) in [4.78, 5) is 10.7. The fourth-order valence-electron chi connectivity index (χ4n) is 2.24. The van der Waals surface area contributed by atoms with Crippen LogP contribution in [0.5, 0.6) is 0 Å². The zero-order chi connectivity index (χ0) is 12.9. The summed E-state index contributed by atoms with van der Waals surface area (Å²) in [5, 5.41) is 18.9. The minimum Gasteiger partial charge on any atom is -0.481 e. The number of hydrogen-bond acceptors (Lipinski definition) is 2. The number of aliphatic carboxylic acids is 1. The number of carboxylic acid groups (broad SMARTS) is 1. The summed E-state index contributed by atoms with van der Waals surface area (Å²) in [6.45, 7) is 9.92. The van der Waals surface area contributed by atoms with Gasteiger partial charge in [0.2, 0.25) is 0 Å². The topological polar surface area (TPSA) is 57.5 Å². The average molecular weight is 230 g/mol. The molecule has 0 aromatic heterocycles. The van der Waals surface area contributed by atoms with Crippen LogP contribution >= 0.6 is 0 Å². The summed E-state index contributed by atoms with van der Waals surface area (Å²) >= 11 is 0. The van der Waals surface area contributed by atoms with Crippen LogP contribution in [0.25, 0.3) is 0 Å². The monoisotopic (exact) mass is 230 g/mol. The van der Waals surface area contributed by atoms with Crippen molar-refractivity contribution < 1.29 is 15.0 Å². The van der Waals surface area contributed by atoms with Crippen molar-refractivity contribution in [2.45, 2.75) is 53.6 Å². The first kappa shape index (κ1) is 15.4. The second-order valence-electron chi connectivity index (χ2n) is 5.55. The Morgan fingerprint density at radius 3 is 1.81 bits per heavy atom. The van der Waals surface area contributed by atoms with Crippen molar-refractivity contribution in [1.29, 1.82) is 0 Å². The van der Waals surface area contributed by atoms with Crippen molar-refractivity contribution in [3.8, 4) is 0 Å². The minimum absolute atomic E-state index is 0.0415. The Balaban J connectivity index is 4.16. The smallest absolute Gasteiger partial charge is 0.306 e. The van der Waals surface area contributed by atoms with Crippen LogP contribution in [0.3, 0.4) is 0 Å². The van der Waals surface area contributed by atoms with Crippen LogP contribution < -0.4 is 0 Å². The van der Waals surface area contributed by atoms with E-state index in [1.54, 1.807) is 6.92 Å². The highest BCUT2D eigenvalue weighted by molar-refractivity contribution is 5.69. The molecule has 96 valence electrons. The molecule has 2 N–H and O–H groups in total. The van der Waals surface area contributed by atoms with Gasteiger partial charge in [-0.3, -0.25) is 4.79 Å². The van der Waals surface area contributed by atoms with Gasteiger partial charge in [0.15, 0.2) is 0 Å². The fourth-order valence-corrected chi connectivity index (χ4v) is 2.24. The van der Waals surface area contributed by atoms with Gasteiger partial charge in [-0.1, -0.05) is 34.6 Å². The SMILES string of the molecule is CC(C)CC(C)C(O)C(C)CC(C)C(=O)O. The maximum Gasteiger partial charge on any atom is 0.306 e. The Morgan fingerprint density at radius 1 is 1.00 bits per heavy atom. The lowest BCUT2D eigenvalue weighted by molar-refractivity contribution is -0.142. The Hall–Kier alpha value is -0.570. The van der Waals surface area contributed by atoms with Gasteiger partial charge < -0.3 is 10.2 Å². The van der Waals surface area contributed by atoms with Gasteiger partial charge in [-0.05, 0) is 30.6 Å². The Bertz CT molecular complexity index is 213. The standard InChI is InChI=1S/C13H26O3/c1-8(2)6-9(3)12(14)10(4)7-11(5)13(15)16/h8-12,14H,6-7H2,1-5H3,(H,15,16). The molecule has 0 fully saturated rings.